The maximum atomic E-state index is 11.9. The van der Waals surface area contributed by atoms with E-state index in [-0.39, 0.29) is 11.7 Å². The number of pyridine rings is 1. The quantitative estimate of drug-likeness (QED) is 0.444. The van der Waals surface area contributed by atoms with Crippen LogP contribution < -0.4 is 4.74 Å². The van der Waals surface area contributed by atoms with Crippen molar-refractivity contribution in [1.82, 2.24) is 9.97 Å². The van der Waals surface area contributed by atoms with Gasteiger partial charge < -0.3 is 19.6 Å². The summed E-state index contributed by atoms with van der Waals surface area (Å²) in [6.07, 6.45) is 5.38. The lowest BCUT2D eigenvalue weighted by molar-refractivity contribution is 0.0237. The van der Waals surface area contributed by atoms with E-state index in [4.69, 9.17) is 9.47 Å². The van der Waals surface area contributed by atoms with Crippen LogP contribution in [0.1, 0.15) is 34.3 Å². The smallest absolute Gasteiger partial charge is 0.336 e. The minimum atomic E-state index is -0.989. The highest BCUT2D eigenvalue weighted by Crippen LogP contribution is 2.30. The molecule has 2 aromatic heterocycles. The first-order valence-electron chi connectivity index (χ1n) is 10.8. The minimum Gasteiger partial charge on any atom is -0.478 e. The summed E-state index contributed by atoms with van der Waals surface area (Å²) >= 11 is 0. The summed E-state index contributed by atoms with van der Waals surface area (Å²) in [7, 11) is 0. The van der Waals surface area contributed by atoms with Crippen molar-refractivity contribution in [1.29, 1.82) is 0 Å². The second kappa shape index (κ2) is 9.19. The number of aromatic nitrogens is 2. The van der Waals surface area contributed by atoms with Gasteiger partial charge in [-0.2, -0.15) is 0 Å². The predicted molar refractivity (Wildman–Crippen MR) is 125 cm³/mol. The van der Waals surface area contributed by atoms with Crippen molar-refractivity contribution in [3.05, 3.63) is 83.7 Å². The summed E-state index contributed by atoms with van der Waals surface area (Å²) in [5.74, 6) is 5.84. The van der Waals surface area contributed by atoms with E-state index < -0.39 is 5.97 Å². The van der Waals surface area contributed by atoms with Crippen LogP contribution in [0.4, 0.5) is 0 Å². The average molecular weight is 438 g/mol. The van der Waals surface area contributed by atoms with Crippen LogP contribution in [0.15, 0.2) is 67.0 Å². The zero-order valence-corrected chi connectivity index (χ0v) is 17.9. The van der Waals surface area contributed by atoms with Gasteiger partial charge in [0.1, 0.15) is 6.10 Å². The molecule has 164 valence electrons. The van der Waals surface area contributed by atoms with Crippen molar-refractivity contribution in [3.8, 4) is 28.8 Å². The summed E-state index contributed by atoms with van der Waals surface area (Å²) < 4.78 is 11.3. The van der Waals surface area contributed by atoms with Gasteiger partial charge in [-0.05, 0) is 41.3 Å². The van der Waals surface area contributed by atoms with E-state index >= 15 is 0 Å². The molecule has 1 fully saturated rings. The standard InChI is InChI=1S/C27H22N2O4/c30-27(31)23-3-1-2-20(26(23)21-8-7-19-10-13-28-24(19)16-21)6-4-18-5-9-25(29-17-18)33-22-11-14-32-15-12-22/h1-3,5,7-10,13,16-17,22,28H,11-12,14-15H2,(H,30,31). The van der Waals surface area contributed by atoms with E-state index in [0.717, 1.165) is 34.9 Å². The van der Waals surface area contributed by atoms with Gasteiger partial charge in [0.05, 0.1) is 18.8 Å². The summed E-state index contributed by atoms with van der Waals surface area (Å²) in [5, 5.41) is 10.9. The van der Waals surface area contributed by atoms with Crippen molar-refractivity contribution in [3.63, 3.8) is 0 Å². The van der Waals surface area contributed by atoms with Crippen molar-refractivity contribution >= 4 is 16.9 Å². The topological polar surface area (TPSA) is 84.4 Å². The second-order valence-corrected chi connectivity index (χ2v) is 7.88. The zero-order valence-electron chi connectivity index (χ0n) is 17.9. The molecule has 6 heteroatoms. The summed E-state index contributed by atoms with van der Waals surface area (Å²) in [6, 6.07) is 16.7. The molecule has 0 radical (unpaired) electrons. The molecule has 0 unspecified atom stereocenters. The number of nitrogens with one attached hydrogen (secondary N) is 1. The maximum Gasteiger partial charge on any atom is 0.336 e. The van der Waals surface area contributed by atoms with Crippen LogP contribution in [0.5, 0.6) is 5.88 Å². The number of ether oxygens (including phenoxy) is 2. The number of carboxylic acids is 1. The molecule has 1 aliphatic rings. The molecule has 1 aliphatic heterocycles. The van der Waals surface area contributed by atoms with Crippen LogP contribution in [0, 0.1) is 11.8 Å². The van der Waals surface area contributed by atoms with Crippen molar-refractivity contribution in [2.24, 2.45) is 0 Å². The second-order valence-electron chi connectivity index (χ2n) is 7.88. The van der Waals surface area contributed by atoms with Crippen LogP contribution in [0.3, 0.4) is 0 Å². The third-order valence-electron chi connectivity index (χ3n) is 5.67. The SMILES string of the molecule is O=C(O)c1cccc(C#Cc2ccc(OC3CCOCC3)nc2)c1-c1ccc2cc[nH]c2c1. The first-order chi connectivity index (χ1) is 16.2. The fourth-order valence-electron chi connectivity index (χ4n) is 3.98. The fraction of sp³-hybridized carbons (Fsp3) is 0.185. The predicted octanol–water partition coefficient (Wildman–Crippen LogP) is 4.89. The molecular weight excluding hydrogens is 416 g/mol. The normalized spacial score (nSPS) is 13.9. The Kier molecular flexibility index (Phi) is 5.79. The number of hydrogen-bond acceptors (Lipinski definition) is 4. The van der Waals surface area contributed by atoms with E-state index in [2.05, 4.69) is 21.8 Å². The van der Waals surface area contributed by atoms with Gasteiger partial charge in [0.2, 0.25) is 5.88 Å². The number of fused-ring (bicyclic) bond motifs is 1. The number of hydrogen-bond donors (Lipinski definition) is 2. The molecule has 3 heterocycles. The molecule has 4 aromatic rings. The van der Waals surface area contributed by atoms with Crippen LogP contribution in [-0.2, 0) is 4.74 Å². The molecule has 6 nitrogen and oxygen atoms in total. The average Bonchev–Trinajstić information content (AvgIpc) is 3.32. The number of carboxylic acid groups (broad SMARTS) is 1. The number of rotatable bonds is 4. The van der Waals surface area contributed by atoms with E-state index in [1.807, 2.05) is 48.7 Å². The summed E-state index contributed by atoms with van der Waals surface area (Å²) in [4.78, 5) is 19.5. The molecule has 5 rings (SSSR count). The van der Waals surface area contributed by atoms with Crippen LogP contribution >= 0.6 is 0 Å². The molecule has 1 saturated heterocycles. The summed E-state index contributed by atoms with van der Waals surface area (Å²) in [5.41, 5.74) is 3.91. The third-order valence-corrected chi connectivity index (χ3v) is 5.67. The van der Waals surface area contributed by atoms with Gasteiger partial charge in [-0.15, -0.1) is 0 Å². The molecule has 0 aliphatic carbocycles. The lowest BCUT2D eigenvalue weighted by atomic mass is 9.93. The molecular formula is C27H22N2O4. The number of H-pyrrole nitrogens is 1. The molecule has 0 saturated carbocycles. The zero-order chi connectivity index (χ0) is 22.6. The van der Waals surface area contributed by atoms with Crippen LogP contribution in [-0.4, -0.2) is 40.4 Å². The monoisotopic (exact) mass is 438 g/mol. The Morgan fingerprint density at radius 2 is 1.97 bits per heavy atom. The Balaban J connectivity index is 1.45. The Bertz CT molecular complexity index is 1360. The van der Waals surface area contributed by atoms with Gasteiger partial charge in [0, 0.05) is 53.5 Å². The first kappa shape index (κ1) is 20.8. The fourth-order valence-corrected chi connectivity index (χ4v) is 3.98. The van der Waals surface area contributed by atoms with Crippen molar-refractivity contribution < 1.29 is 19.4 Å². The maximum absolute atomic E-state index is 11.9. The Morgan fingerprint density at radius 1 is 1.09 bits per heavy atom. The lowest BCUT2D eigenvalue weighted by Crippen LogP contribution is -2.26. The van der Waals surface area contributed by atoms with Gasteiger partial charge in [0.15, 0.2) is 0 Å². The Labute approximate surface area is 191 Å². The number of nitrogens with zero attached hydrogens (tertiary/aromatic N) is 1. The highest BCUT2D eigenvalue weighted by Gasteiger charge is 2.17. The molecule has 33 heavy (non-hydrogen) atoms. The van der Waals surface area contributed by atoms with Gasteiger partial charge in [-0.3, -0.25) is 0 Å². The molecule has 0 amide bonds. The molecule has 0 bridgehead atoms. The van der Waals surface area contributed by atoms with E-state index in [1.54, 1.807) is 18.3 Å². The van der Waals surface area contributed by atoms with E-state index in [1.165, 1.54) is 0 Å². The molecule has 2 N–H and O–H groups in total. The minimum absolute atomic E-state index is 0.126. The lowest BCUT2D eigenvalue weighted by Gasteiger charge is -2.22. The van der Waals surface area contributed by atoms with Crippen molar-refractivity contribution in [2.75, 3.05) is 13.2 Å². The Morgan fingerprint density at radius 3 is 2.76 bits per heavy atom. The molecule has 2 aromatic carbocycles. The van der Waals surface area contributed by atoms with Gasteiger partial charge >= 0.3 is 5.97 Å². The number of aromatic amines is 1. The molecule has 0 spiro atoms. The summed E-state index contributed by atoms with van der Waals surface area (Å²) in [6.45, 7) is 1.42. The number of aromatic carboxylic acids is 1. The van der Waals surface area contributed by atoms with Crippen LogP contribution in [0.25, 0.3) is 22.0 Å². The largest absolute Gasteiger partial charge is 0.478 e. The van der Waals surface area contributed by atoms with Crippen LogP contribution in [0.2, 0.25) is 0 Å². The Hall–Kier alpha value is -4.08. The van der Waals surface area contributed by atoms with Gasteiger partial charge in [0.25, 0.3) is 0 Å². The van der Waals surface area contributed by atoms with Gasteiger partial charge in [-0.1, -0.05) is 30.0 Å². The highest BCUT2D eigenvalue weighted by molar-refractivity contribution is 5.99. The number of benzene rings is 2. The third kappa shape index (κ3) is 4.59. The number of carbonyl (C=O) groups is 1. The van der Waals surface area contributed by atoms with E-state index in [0.29, 0.717) is 30.2 Å². The molecule has 0 atom stereocenters. The van der Waals surface area contributed by atoms with Gasteiger partial charge in [-0.25, -0.2) is 9.78 Å². The van der Waals surface area contributed by atoms with Crippen molar-refractivity contribution in [2.45, 2.75) is 18.9 Å². The first-order valence-corrected chi connectivity index (χ1v) is 10.8. The highest BCUT2D eigenvalue weighted by atomic mass is 16.5. The van der Waals surface area contributed by atoms with E-state index in [9.17, 15) is 9.90 Å².